The lowest BCUT2D eigenvalue weighted by Crippen LogP contribution is -2.25. The van der Waals surface area contributed by atoms with E-state index in [2.05, 4.69) is 33.5 Å². The van der Waals surface area contributed by atoms with Gasteiger partial charge in [-0.15, -0.1) is 0 Å². The van der Waals surface area contributed by atoms with Crippen LogP contribution < -0.4 is 17.0 Å². The Balaban J connectivity index is 1.56. The van der Waals surface area contributed by atoms with Crippen molar-refractivity contribution in [2.75, 3.05) is 12.3 Å². The summed E-state index contributed by atoms with van der Waals surface area (Å²) in [6, 6.07) is 0. The number of hydrogen-bond acceptors (Lipinski definition) is 14. The molecule has 0 radical (unpaired) electrons. The van der Waals surface area contributed by atoms with Gasteiger partial charge in [-0.25, -0.2) is 23.7 Å². The molecule has 0 spiro atoms. The Morgan fingerprint density at radius 2 is 1.90 bits per heavy atom. The van der Waals surface area contributed by atoms with Crippen LogP contribution in [0.5, 0.6) is 0 Å². The molecule has 40 heavy (non-hydrogen) atoms. The van der Waals surface area contributed by atoms with Crippen molar-refractivity contribution in [1.82, 2.24) is 29.5 Å². The summed E-state index contributed by atoms with van der Waals surface area (Å²) in [5.41, 5.74) is 11.0. The van der Waals surface area contributed by atoms with Gasteiger partial charge < -0.3 is 40.8 Å². The molecule has 5 atom stereocenters. The van der Waals surface area contributed by atoms with Crippen LogP contribution in [0.1, 0.15) is 35.3 Å². The first kappa shape index (κ1) is 30.3. The average Bonchev–Trinajstić information content (AvgIpc) is 3.53. The number of carbonyl (C=O) groups is 1. The molecule has 21 nitrogen and oxygen atoms in total. The third-order valence-electron chi connectivity index (χ3n) is 5.58. The summed E-state index contributed by atoms with van der Waals surface area (Å²) < 4.78 is 54.1. The van der Waals surface area contributed by atoms with Gasteiger partial charge in [-0.1, -0.05) is 0 Å². The number of imidazole rings is 2. The average molecular weight is 628 g/mol. The number of rotatable bonds is 12. The van der Waals surface area contributed by atoms with Gasteiger partial charge in [0.1, 0.15) is 11.9 Å². The largest absolute Gasteiger partial charge is 0.490 e. The highest BCUT2D eigenvalue weighted by atomic mass is 31.3. The summed E-state index contributed by atoms with van der Waals surface area (Å²) in [7, 11) is -16.8. The van der Waals surface area contributed by atoms with Crippen LogP contribution in [-0.2, 0) is 38.1 Å². The quantitative estimate of drug-likeness (QED) is 0.0916. The van der Waals surface area contributed by atoms with Crippen LogP contribution in [0.15, 0.2) is 17.4 Å². The molecule has 1 aliphatic heterocycles. The van der Waals surface area contributed by atoms with E-state index in [0.717, 1.165) is 0 Å². The molecule has 1 saturated heterocycles. The highest BCUT2D eigenvalue weighted by molar-refractivity contribution is 7.66. The zero-order valence-electron chi connectivity index (χ0n) is 20.0. The van der Waals surface area contributed by atoms with Gasteiger partial charge >= 0.3 is 23.5 Å². The summed E-state index contributed by atoms with van der Waals surface area (Å²) >= 11 is 0. The fourth-order valence-electron chi connectivity index (χ4n) is 4.03. The number of phosphoric ester groups is 1. The minimum atomic E-state index is -5.75. The van der Waals surface area contributed by atoms with Crippen molar-refractivity contribution >= 4 is 46.4 Å². The zero-order chi connectivity index (χ0) is 29.5. The molecule has 10 N–H and O–H groups in total. The molecule has 0 amide bonds. The van der Waals surface area contributed by atoms with Crippen molar-refractivity contribution in [2.24, 2.45) is 11.7 Å². The van der Waals surface area contributed by atoms with E-state index < -0.39 is 59.7 Å². The number of phosphoric acid groups is 3. The van der Waals surface area contributed by atoms with E-state index in [0.29, 0.717) is 5.69 Å². The normalized spacial score (nSPS) is 22.8. The minimum absolute atomic E-state index is 0.0352. The van der Waals surface area contributed by atoms with Gasteiger partial charge in [0.2, 0.25) is 5.95 Å². The van der Waals surface area contributed by atoms with Crippen molar-refractivity contribution < 1.29 is 55.9 Å². The van der Waals surface area contributed by atoms with Crippen molar-refractivity contribution in [3.8, 4) is 0 Å². The summed E-state index contributed by atoms with van der Waals surface area (Å²) in [6.45, 7) is -0.847. The van der Waals surface area contributed by atoms with Crippen LogP contribution in [-0.4, -0.2) is 67.6 Å². The van der Waals surface area contributed by atoms with E-state index in [-0.39, 0.29) is 42.2 Å². The van der Waals surface area contributed by atoms with E-state index in [4.69, 9.17) is 30.5 Å². The topological polar surface area (TPSA) is 330 Å². The van der Waals surface area contributed by atoms with Crippen LogP contribution in [0.3, 0.4) is 0 Å². The van der Waals surface area contributed by atoms with Crippen molar-refractivity contribution in [1.29, 1.82) is 0 Å². The number of ether oxygens (including phenoxy) is 1. The Labute approximate surface area is 222 Å². The summed E-state index contributed by atoms with van der Waals surface area (Å²) in [5.74, 6) is -1.39. The van der Waals surface area contributed by atoms with E-state index in [1.54, 1.807) is 0 Å². The van der Waals surface area contributed by atoms with Crippen LogP contribution in [0.2, 0.25) is 0 Å². The maximum Gasteiger partial charge on any atom is 0.490 e. The Hall–Kier alpha value is -2.64. The van der Waals surface area contributed by atoms with Crippen molar-refractivity contribution in [2.45, 2.75) is 31.7 Å². The number of nitrogens with zero attached hydrogens (tertiary/aromatic N) is 4. The number of H-pyrrole nitrogens is 2. The molecule has 3 unspecified atom stereocenters. The first-order chi connectivity index (χ1) is 18.6. The number of nitrogens with two attached hydrogens (primary N) is 2. The third-order valence-corrected chi connectivity index (χ3v) is 9.38. The van der Waals surface area contributed by atoms with Crippen molar-refractivity contribution in [3.05, 3.63) is 34.4 Å². The molecule has 0 saturated carbocycles. The second-order valence-corrected chi connectivity index (χ2v) is 12.8. The monoisotopic (exact) mass is 628 g/mol. The van der Waals surface area contributed by atoms with Gasteiger partial charge in [0.05, 0.1) is 31.1 Å². The van der Waals surface area contributed by atoms with Crippen molar-refractivity contribution in [3.63, 3.8) is 0 Å². The molecule has 4 rings (SSSR count). The molecular formula is C16H23N8O13P3. The van der Waals surface area contributed by atoms with Gasteiger partial charge in [0.25, 0.3) is 5.56 Å². The molecular weight excluding hydrogens is 605 g/mol. The number of ketones is 1. The Bertz CT molecular complexity index is 1610. The van der Waals surface area contributed by atoms with Gasteiger partial charge in [0.15, 0.2) is 16.9 Å². The smallest absolute Gasteiger partial charge is 0.369 e. The maximum atomic E-state index is 13.0. The number of nitrogens with one attached hydrogen (secondary N) is 2. The second-order valence-electron chi connectivity index (χ2n) is 8.34. The number of hydrogen-bond donors (Lipinski definition) is 8. The lowest BCUT2D eigenvalue weighted by Gasteiger charge is -2.21. The molecule has 1 aliphatic rings. The highest BCUT2D eigenvalue weighted by Crippen LogP contribution is 2.66. The second kappa shape index (κ2) is 11.3. The van der Waals surface area contributed by atoms with Gasteiger partial charge in [0, 0.05) is 13.0 Å². The molecule has 0 bridgehead atoms. The van der Waals surface area contributed by atoms with E-state index in [9.17, 15) is 33.1 Å². The molecule has 1 fully saturated rings. The number of aromatic nitrogens is 6. The predicted molar refractivity (Wildman–Crippen MR) is 130 cm³/mol. The van der Waals surface area contributed by atoms with Crippen LogP contribution in [0.4, 0.5) is 5.95 Å². The van der Waals surface area contributed by atoms with Gasteiger partial charge in [-0.05, 0) is 12.3 Å². The Morgan fingerprint density at radius 1 is 1.18 bits per heavy atom. The number of anilines is 1. The summed E-state index contributed by atoms with van der Waals surface area (Å²) in [5, 5.41) is 0. The first-order valence-corrected chi connectivity index (χ1v) is 15.5. The minimum Gasteiger partial charge on any atom is -0.369 e. The molecule has 3 aromatic heterocycles. The fourth-order valence-corrected chi connectivity index (χ4v) is 7.06. The lowest BCUT2D eigenvalue weighted by molar-refractivity contribution is -0.0287. The molecule has 3 aromatic rings. The Kier molecular flexibility index (Phi) is 8.58. The van der Waals surface area contributed by atoms with Crippen LogP contribution >= 0.6 is 23.5 Å². The molecule has 4 heterocycles. The number of Topliss-reactive ketones (excluding diaryl/α,β-unsaturated/α-hetero) is 1. The van der Waals surface area contributed by atoms with Gasteiger partial charge in [-0.3, -0.25) is 23.7 Å². The molecule has 0 aromatic carbocycles. The van der Waals surface area contributed by atoms with E-state index in [1.165, 1.54) is 17.2 Å². The van der Waals surface area contributed by atoms with Crippen LogP contribution in [0, 0.1) is 5.92 Å². The first-order valence-electron chi connectivity index (χ1n) is 11.0. The summed E-state index contributed by atoms with van der Waals surface area (Å²) in [6.07, 6.45) is 0.256. The maximum absolute atomic E-state index is 13.0. The van der Waals surface area contributed by atoms with Crippen LogP contribution in [0.25, 0.3) is 11.2 Å². The zero-order valence-corrected chi connectivity index (χ0v) is 22.6. The number of aromatic amines is 2. The predicted octanol–water partition coefficient (Wildman–Crippen LogP) is -0.596. The van der Waals surface area contributed by atoms with Gasteiger partial charge in [-0.2, -0.15) is 13.6 Å². The Morgan fingerprint density at radius 3 is 2.58 bits per heavy atom. The number of nitrogen functional groups attached to an aromatic ring is 1. The SMILES string of the molecule is NCc1nc[nH]c1C(=O)C[C@@H]1C[C@H](n2cnc3c(=O)[nH]c(N)nc32)OC1COP(=O)(O)OP(=O)(O)OP(=O)(O)O. The highest BCUT2D eigenvalue weighted by Gasteiger charge is 2.44. The standard InChI is InChI=1S/C16H23N8O13P3/c17-3-8-12(20-5-19-8)9(25)1-7-2-11(24-6-21-13-14(24)22-16(18)23-15(13)26)35-10(7)4-34-39(30,31)37-40(32,33)36-38(27,28)29/h5-7,10-11H,1-4,17H2,(H,19,20)(H,30,31)(H,32,33)(H2,27,28,29)(H3,18,22,23,26)/t7-,10?,11-/m1/s1. The molecule has 220 valence electrons. The third kappa shape index (κ3) is 7.16. The van der Waals surface area contributed by atoms with E-state index >= 15 is 0 Å². The lowest BCUT2D eigenvalue weighted by atomic mass is 9.93. The number of fused-ring (bicyclic) bond motifs is 1. The molecule has 0 aliphatic carbocycles. The van der Waals surface area contributed by atoms with E-state index in [1.807, 2.05) is 0 Å². The molecule has 24 heteroatoms. The summed E-state index contributed by atoms with van der Waals surface area (Å²) in [4.78, 5) is 78.7. The number of carbonyl (C=O) groups excluding carboxylic acids is 1. The fraction of sp³-hybridized carbons (Fsp3) is 0.438.